The Bertz CT molecular complexity index is 1240. The third kappa shape index (κ3) is 3.87. The molecule has 3 aromatic rings. The van der Waals surface area contributed by atoms with Crippen LogP contribution in [0.15, 0.2) is 69.9 Å². The summed E-state index contributed by atoms with van der Waals surface area (Å²) in [6.45, 7) is 0. The lowest BCUT2D eigenvalue weighted by Crippen LogP contribution is -2.11. The molecule has 0 saturated heterocycles. The summed E-state index contributed by atoms with van der Waals surface area (Å²) < 4.78 is 6.04. The summed E-state index contributed by atoms with van der Waals surface area (Å²) in [5, 5.41) is 11.5. The Labute approximate surface area is 165 Å². The van der Waals surface area contributed by atoms with Crippen LogP contribution in [0, 0.1) is 0 Å². The van der Waals surface area contributed by atoms with E-state index in [2.05, 4.69) is 5.32 Å². The molecule has 144 valence electrons. The van der Waals surface area contributed by atoms with Gasteiger partial charge in [-0.05, 0) is 48.3 Å². The van der Waals surface area contributed by atoms with Gasteiger partial charge in [0.2, 0.25) is 5.91 Å². The van der Waals surface area contributed by atoms with Crippen LogP contribution < -0.4 is 10.7 Å². The van der Waals surface area contributed by atoms with E-state index in [1.165, 1.54) is 0 Å². The lowest BCUT2D eigenvalue weighted by Gasteiger charge is -2.07. The maximum atomic E-state index is 13.0. The molecule has 1 aliphatic rings. The minimum absolute atomic E-state index is 0.116. The lowest BCUT2D eigenvalue weighted by atomic mass is 10.1. The van der Waals surface area contributed by atoms with Crippen molar-refractivity contribution in [1.29, 1.82) is 0 Å². The molecule has 1 aromatic heterocycles. The highest BCUT2D eigenvalue weighted by molar-refractivity contribution is 6.03. The van der Waals surface area contributed by atoms with Gasteiger partial charge in [0.15, 0.2) is 5.43 Å². The molecule has 0 bridgehead atoms. The summed E-state index contributed by atoms with van der Waals surface area (Å²) in [5.41, 5.74) is 3.38. The van der Waals surface area contributed by atoms with E-state index in [0.717, 1.165) is 29.7 Å². The van der Waals surface area contributed by atoms with Gasteiger partial charge >= 0.3 is 5.97 Å². The van der Waals surface area contributed by atoms with Crippen molar-refractivity contribution < 1.29 is 19.1 Å². The van der Waals surface area contributed by atoms with Gasteiger partial charge in [-0.25, -0.2) is 4.79 Å². The first kappa shape index (κ1) is 18.4. The van der Waals surface area contributed by atoms with Crippen molar-refractivity contribution >= 4 is 40.2 Å². The van der Waals surface area contributed by atoms with E-state index in [1.807, 2.05) is 36.4 Å². The predicted molar refractivity (Wildman–Crippen MR) is 111 cm³/mol. The van der Waals surface area contributed by atoms with Gasteiger partial charge in [0, 0.05) is 23.4 Å². The molecule has 1 heterocycles. The first-order valence-corrected chi connectivity index (χ1v) is 9.09. The van der Waals surface area contributed by atoms with E-state index < -0.39 is 11.9 Å². The van der Waals surface area contributed by atoms with Crippen LogP contribution in [-0.4, -0.2) is 17.0 Å². The van der Waals surface area contributed by atoms with Crippen LogP contribution in [0.3, 0.4) is 0 Å². The van der Waals surface area contributed by atoms with Gasteiger partial charge in [0.1, 0.15) is 11.3 Å². The Kier molecular flexibility index (Phi) is 4.83. The summed E-state index contributed by atoms with van der Waals surface area (Å²) in [7, 11) is 0. The van der Waals surface area contributed by atoms with E-state index in [4.69, 9.17) is 9.52 Å². The minimum atomic E-state index is -1.21. The maximum absolute atomic E-state index is 13.0. The Balaban J connectivity index is 1.70. The van der Waals surface area contributed by atoms with Crippen LogP contribution in [0.25, 0.3) is 22.6 Å². The zero-order chi connectivity index (χ0) is 20.4. The molecule has 0 radical (unpaired) electrons. The minimum Gasteiger partial charge on any atom is -0.478 e. The quantitative estimate of drug-likeness (QED) is 0.663. The average molecular weight is 387 g/mol. The van der Waals surface area contributed by atoms with Crippen LogP contribution in [0.1, 0.15) is 23.3 Å². The van der Waals surface area contributed by atoms with Crippen LogP contribution in [0.2, 0.25) is 0 Å². The first-order valence-electron chi connectivity index (χ1n) is 9.09. The smallest absolute Gasteiger partial charge is 0.328 e. The van der Waals surface area contributed by atoms with Crippen molar-refractivity contribution in [2.75, 3.05) is 5.32 Å². The van der Waals surface area contributed by atoms with Gasteiger partial charge in [-0.1, -0.05) is 30.3 Å². The van der Waals surface area contributed by atoms with Crippen molar-refractivity contribution in [3.63, 3.8) is 0 Å². The second-order valence-electron chi connectivity index (χ2n) is 6.69. The molecule has 29 heavy (non-hydrogen) atoms. The lowest BCUT2D eigenvalue weighted by molar-refractivity contribution is -0.131. The Morgan fingerprint density at radius 2 is 1.83 bits per heavy atom. The number of nitrogens with one attached hydrogen (secondary N) is 1. The molecule has 4 rings (SSSR count). The second kappa shape index (κ2) is 7.59. The van der Waals surface area contributed by atoms with Crippen LogP contribution in [0.5, 0.6) is 0 Å². The van der Waals surface area contributed by atoms with E-state index in [0.29, 0.717) is 34.4 Å². The number of allylic oxidation sites excluding steroid dienone is 1. The molecular weight excluding hydrogens is 370 g/mol. The number of aliphatic carboxylic acids is 1. The van der Waals surface area contributed by atoms with E-state index in [9.17, 15) is 14.4 Å². The number of hydrogen-bond acceptors (Lipinski definition) is 4. The molecule has 1 amide bonds. The predicted octanol–water partition coefficient (Wildman–Crippen LogP) is 3.86. The number of hydrogen-bond donors (Lipinski definition) is 2. The molecule has 0 atom stereocenters. The highest BCUT2D eigenvalue weighted by atomic mass is 16.4. The summed E-state index contributed by atoms with van der Waals surface area (Å²) in [6.07, 6.45) is 5.02. The zero-order valence-corrected chi connectivity index (χ0v) is 15.3. The number of carboxylic acids is 1. The van der Waals surface area contributed by atoms with Gasteiger partial charge < -0.3 is 14.8 Å². The largest absolute Gasteiger partial charge is 0.478 e. The monoisotopic (exact) mass is 387 g/mol. The van der Waals surface area contributed by atoms with Gasteiger partial charge in [0.25, 0.3) is 0 Å². The van der Waals surface area contributed by atoms with Crippen molar-refractivity contribution in [1.82, 2.24) is 0 Å². The topological polar surface area (TPSA) is 96.6 Å². The molecule has 0 saturated carbocycles. The van der Waals surface area contributed by atoms with Gasteiger partial charge in [-0.2, -0.15) is 0 Å². The highest BCUT2D eigenvalue weighted by Gasteiger charge is 2.24. The third-order valence-electron chi connectivity index (χ3n) is 4.71. The number of rotatable bonds is 4. The molecule has 6 nitrogen and oxygen atoms in total. The van der Waals surface area contributed by atoms with E-state index in [-0.39, 0.29) is 5.43 Å². The molecule has 2 N–H and O–H groups in total. The summed E-state index contributed by atoms with van der Waals surface area (Å²) in [5.74, 6) is -1.19. The fraction of sp³-hybridized carbons (Fsp3) is 0.0870. The van der Waals surface area contributed by atoms with Gasteiger partial charge in [-0.15, -0.1) is 0 Å². The SMILES string of the molecule is O=C(O)/C=C\C(=O)Nc1ccc2oc3c(c(=O)c2c1)CCC3=Cc1ccccc1. The summed E-state index contributed by atoms with van der Waals surface area (Å²) in [4.78, 5) is 35.3. The molecule has 2 aromatic carbocycles. The Morgan fingerprint density at radius 1 is 1.03 bits per heavy atom. The standard InChI is InChI=1S/C23H17NO5/c25-20(10-11-21(26)27)24-16-7-9-19-18(13-16)22(28)17-8-6-15(23(17)29-19)12-14-4-2-1-3-5-14/h1-5,7,9-13H,6,8H2,(H,24,25)(H,26,27)/b11-10-,15-12?. The number of carboxylic acid groups (broad SMARTS) is 1. The average Bonchev–Trinajstić information content (AvgIpc) is 3.11. The summed E-state index contributed by atoms with van der Waals surface area (Å²) >= 11 is 0. The fourth-order valence-electron chi connectivity index (χ4n) is 3.39. The normalized spacial score (nSPS) is 14.4. The third-order valence-corrected chi connectivity index (χ3v) is 4.71. The molecule has 1 aliphatic carbocycles. The maximum Gasteiger partial charge on any atom is 0.328 e. The molecule has 0 unspecified atom stereocenters. The molecule has 0 fully saturated rings. The van der Waals surface area contributed by atoms with Crippen molar-refractivity contribution in [2.45, 2.75) is 12.8 Å². The second-order valence-corrected chi connectivity index (χ2v) is 6.69. The van der Waals surface area contributed by atoms with Crippen LogP contribution in [-0.2, 0) is 16.0 Å². The van der Waals surface area contributed by atoms with Gasteiger partial charge in [-0.3, -0.25) is 9.59 Å². The molecular formula is C23H17NO5. The van der Waals surface area contributed by atoms with Crippen molar-refractivity contribution in [3.8, 4) is 0 Å². The first-order chi connectivity index (χ1) is 14.0. The van der Waals surface area contributed by atoms with Crippen LogP contribution >= 0.6 is 0 Å². The number of carbonyl (C=O) groups is 2. The van der Waals surface area contributed by atoms with E-state index in [1.54, 1.807) is 18.2 Å². The van der Waals surface area contributed by atoms with Crippen molar-refractivity contribution in [2.24, 2.45) is 0 Å². The van der Waals surface area contributed by atoms with E-state index >= 15 is 0 Å². The number of carbonyl (C=O) groups excluding carboxylic acids is 1. The Hall–Kier alpha value is -3.93. The number of anilines is 1. The highest BCUT2D eigenvalue weighted by Crippen LogP contribution is 2.34. The number of benzene rings is 2. The molecule has 0 spiro atoms. The number of fused-ring (bicyclic) bond motifs is 2. The van der Waals surface area contributed by atoms with Crippen molar-refractivity contribution in [3.05, 3.63) is 87.8 Å². The fourth-order valence-corrected chi connectivity index (χ4v) is 3.39. The number of amides is 1. The van der Waals surface area contributed by atoms with Gasteiger partial charge in [0.05, 0.1) is 5.39 Å². The Morgan fingerprint density at radius 3 is 2.59 bits per heavy atom. The zero-order valence-electron chi connectivity index (χ0n) is 15.3. The molecule has 0 aliphatic heterocycles. The molecule has 6 heteroatoms. The van der Waals surface area contributed by atoms with Crippen LogP contribution in [0.4, 0.5) is 5.69 Å². The summed E-state index contributed by atoms with van der Waals surface area (Å²) in [6, 6.07) is 14.7.